The Bertz CT molecular complexity index is 616. The zero-order valence-corrected chi connectivity index (χ0v) is 14.7. The molecule has 1 unspecified atom stereocenters. The van der Waals surface area contributed by atoms with Gasteiger partial charge in [0.1, 0.15) is 18.4 Å². The first-order valence-corrected chi connectivity index (χ1v) is 9.22. The second-order valence-electron chi connectivity index (χ2n) is 7.40. The van der Waals surface area contributed by atoms with Gasteiger partial charge in [-0.2, -0.15) is 0 Å². The lowest BCUT2D eigenvalue weighted by atomic mass is 9.66. The molecule has 136 valence electrons. The number of hydrogen-bond acceptors (Lipinski definition) is 3. The molecule has 1 aromatic carbocycles. The van der Waals surface area contributed by atoms with Crippen LogP contribution in [0.15, 0.2) is 36.9 Å². The Balaban J connectivity index is 1.88. The molecule has 1 saturated heterocycles. The number of nitrogens with two attached hydrogens (primary N) is 1. The highest BCUT2D eigenvalue weighted by atomic mass is 16.5. The van der Waals surface area contributed by atoms with Gasteiger partial charge in [0.05, 0.1) is 12.1 Å². The predicted molar refractivity (Wildman–Crippen MR) is 96.3 cm³/mol. The molecule has 0 bridgehead atoms. The Hall–Kier alpha value is -1.85. The summed E-state index contributed by atoms with van der Waals surface area (Å²) < 4.78 is 5.57. The van der Waals surface area contributed by atoms with Crippen LogP contribution in [0.4, 0.5) is 0 Å². The summed E-state index contributed by atoms with van der Waals surface area (Å²) in [4.78, 5) is 12.7. The Kier molecular flexibility index (Phi) is 5.45. The molecular formula is C20H29N2O3+. The van der Waals surface area contributed by atoms with Crippen LogP contribution >= 0.6 is 0 Å². The molecule has 1 aliphatic heterocycles. The van der Waals surface area contributed by atoms with E-state index in [2.05, 4.69) is 18.7 Å². The van der Waals surface area contributed by atoms with E-state index in [9.17, 15) is 9.90 Å². The van der Waals surface area contributed by atoms with Crippen molar-refractivity contribution in [2.45, 2.75) is 43.7 Å². The van der Waals surface area contributed by atoms with Crippen LogP contribution < -0.4 is 15.4 Å². The zero-order valence-electron chi connectivity index (χ0n) is 14.7. The third kappa shape index (κ3) is 3.88. The number of carbonyl (C=O) groups is 1. The average Bonchev–Trinajstić information content (AvgIpc) is 2.60. The van der Waals surface area contributed by atoms with Crippen molar-refractivity contribution in [3.05, 3.63) is 42.5 Å². The van der Waals surface area contributed by atoms with Crippen LogP contribution in [0.3, 0.4) is 0 Å². The fourth-order valence-corrected chi connectivity index (χ4v) is 4.67. The molecule has 1 heterocycles. The van der Waals surface area contributed by atoms with Gasteiger partial charge in [-0.05, 0) is 37.1 Å². The average molecular weight is 345 g/mol. The number of piperidine rings is 1. The Morgan fingerprint density at radius 1 is 1.36 bits per heavy atom. The van der Waals surface area contributed by atoms with Crippen molar-refractivity contribution in [2.24, 2.45) is 11.7 Å². The molecule has 4 N–H and O–H groups in total. The molecule has 2 aliphatic rings. The number of benzene rings is 1. The summed E-state index contributed by atoms with van der Waals surface area (Å²) in [6.07, 6.45) is 6.54. The highest BCUT2D eigenvalue weighted by Crippen LogP contribution is 2.44. The lowest BCUT2D eigenvalue weighted by Crippen LogP contribution is -3.16. The summed E-state index contributed by atoms with van der Waals surface area (Å²) in [6, 6.07) is 8.13. The third-order valence-corrected chi connectivity index (χ3v) is 5.79. The first kappa shape index (κ1) is 18.0. The molecule has 1 aliphatic carbocycles. The fraction of sp³-hybridized carbons (Fsp3) is 0.550. The molecule has 0 radical (unpaired) electrons. The number of ether oxygens (including phenoxy) is 1. The SMILES string of the molecule is C=CCOc1ccc([C@@H]2[C@@H]3CCCC[C@@]3(O)CC[NH+]2CC(N)=O)cc1. The van der Waals surface area contributed by atoms with Crippen LogP contribution in [0.5, 0.6) is 5.75 Å². The number of fused-ring (bicyclic) bond motifs is 1. The van der Waals surface area contributed by atoms with Crippen molar-refractivity contribution in [1.29, 1.82) is 0 Å². The molecule has 1 saturated carbocycles. The summed E-state index contributed by atoms with van der Waals surface area (Å²) in [6.45, 7) is 5.22. The molecule has 3 rings (SSSR count). The lowest BCUT2D eigenvalue weighted by Gasteiger charge is -2.50. The van der Waals surface area contributed by atoms with Crippen molar-refractivity contribution in [3.8, 4) is 5.75 Å². The summed E-state index contributed by atoms with van der Waals surface area (Å²) in [5.74, 6) is 0.686. The minimum absolute atomic E-state index is 0.0972. The summed E-state index contributed by atoms with van der Waals surface area (Å²) in [5.41, 5.74) is 6.03. The normalized spacial score (nSPS) is 31.8. The van der Waals surface area contributed by atoms with Crippen LogP contribution in [-0.2, 0) is 4.79 Å². The third-order valence-electron chi connectivity index (χ3n) is 5.79. The maximum atomic E-state index is 11.6. The van der Waals surface area contributed by atoms with Crippen molar-refractivity contribution < 1.29 is 19.5 Å². The van der Waals surface area contributed by atoms with E-state index < -0.39 is 5.60 Å². The number of aliphatic hydroxyl groups is 1. The Morgan fingerprint density at radius 3 is 2.80 bits per heavy atom. The van der Waals surface area contributed by atoms with Crippen LogP contribution in [0.25, 0.3) is 0 Å². The van der Waals surface area contributed by atoms with Gasteiger partial charge in [0.25, 0.3) is 5.91 Å². The zero-order chi connectivity index (χ0) is 17.9. The summed E-state index contributed by atoms with van der Waals surface area (Å²) in [5, 5.41) is 11.2. The number of quaternary nitrogens is 1. The Morgan fingerprint density at radius 2 is 2.12 bits per heavy atom. The van der Waals surface area contributed by atoms with E-state index in [1.165, 1.54) is 4.90 Å². The highest BCUT2D eigenvalue weighted by Gasteiger charge is 2.51. The predicted octanol–water partition coefficient (Wildman–Crippen LogP) is 0.988. The number of likely N-dealkylation sites (tertiary alicyclic amines) is 1. The first-order chi connectivity index (χ1) is 12.0. The van der Waals surface area contributed by atoms with E-state index in [1.807, 2.05) is 12.1 Å². The van der Waals surface area contributed by atoms with E-state index in [0.29, 0.717) is 13.2 Å². The number of amides is 1. The molecule has 1 aromatic rings. The van der Waals surface area contributed by atoms with Gasteiger partial charge >= 0.3 is 0 Å². The van der Waals surface area contributed by atoms with E-state index in [4.69, 9.17) is 10.5 Å². The van der Waals surface area contributed by atoms with Gasteiger partial charge in [0, 0.05) is 17.9 Å². The van der Waals surface area contributed by atoms with Crippen LogP contribution in [-0.4, -0.2) is 36.3 Å². The smallest absolute Gasteiger partial charge is 0.272 e. The summed E-state index contributed by atoms with van der Waals surface area (Å²) in [7, 11) is 0. The molecule has 0 spiro atoms. The largest absolute Gasteiger partial charge is 0.490 e. The number of hydrogen-bond donors (Lipinski definition) is 3. The van der Waals surface area contributed by atoms with Crippen molar-refractivity contribution in [1.82, 2.24) is 0 Å². The fourth-order valence-electron chi connectivity index (χ4n) is 4.67. The monoisotopic (exact) mass is 345 g/mol. The number of primary amides is 1. The maximum Gasteiger partial charge on any atom is 0.272 e. The van der Waals surface area contributed by atoms with Crippen molar-refractivity contribution in [3.63, 3.8) is 0 Å². The molecule has 25 heavy (non-hydrogen) atoms. The lowest BCUT2D eigenvalue weighted by molar-refractivity contribution is -0.937. The van der Waals surface area contributed by atoms with Crippen molar-refractivity contribution >= 4 is 5.91 Å². The molecule has 5 heteroatoms. The number of rotatable bonds is 6. The molecule has 4 atom stereocenters. The molecule has 1 amide bonds. The van der Waals surface area contributed by atoms with E-state index in [1.54, 1.807) is 6.08 Å². The van der Waals surface area contributed by atoms with Gasteiger partial charge in [-0.1, -0.05) is 25.5 Å². The van der Waals surface area contributed by atoms with Crippen molar-refractivity contribution in [2.75, 3.05) is 19.7 Å². The highest BCUT2D eigenvalue weighted by molar-refractivity contribution is 5.74. The van der Waals surface area contributed by atoms with E-state index >= 15 is 0 Å². The van der Waals surface area contributed by atoms with Gasteiger partial charge in [0.15, 0.2) is 6.54 Å². The van der Waals surface area contributed by atoms with Crippen LogP contribution in [0, 0.1) is 5.92 Å². The minimum Gasteiger partial charge on any atom is -0.490 e. The van der Waals surface area contributed by atoms with E-state index in [-0.39, 0.29) is 17.9 Å². The molecule has 2 fully saturated rings. The Labute approximate surface area is 149 Å². The molecule has 0 aromatic heterocycles. The first-order valence-electron chi connectivity index (χ1n) is 9.22. The molecule has 5 nitrogen and oxygen atoms in total. The molecular weight excluding hydrogens is 316 g/mol. The second-order valence-corrected chi connectivity index (χ2v) is 7.40. The quantitative estimate of drug-likeness (QED) is 0.673. The topological polar surface area (TPSA) is 77.0 Å². The van der Waals surface area contributed by atoms with E-state index in [0.717, 1.165) is 50.0 Å². The number of nitrogens with one attached hydrogen (secondary N) is 1. The number of carbonyl (C=O) groups excluding carboxylic acids is 1. The van der Waals surface area contributed by atoms with Gasteiger partial charge in [-0.15, -0.1) is 0 Å². The summed E-state index contributed by atoms with van der Waals surface area (Å²) >= 11 is 0. The van der Waals surface area contributed by atoms with Crippen LogP contribution in [0.1, 0.15) is 43.7 Å². The second kappa shape index (κ2) is 7.58. The van der Waals surface area contributed by atoms with Gasteiger partial charge in [0.2, 0.25) is 0 Å². The van der Waals surface area contributed by atoms with Gasteiger partial charge < -0.3 is 20.5 Å². The van der Waals surface area contributed by atoms with Gasteiger partial charge in [-0.3, -0.25) is 4.79 Å². The van der Waals surface area contributed by atoms with Gasteiger partial charge in [-0.25, -0.2) is 0 Å². The minimum atomic E-state index is -0.609. The van der Waals surface area contributed by atoms with Crippen LogP contribution in [0.2, 0.25) is 0 Å². The standard InChI is InChI=1S/C20H28N2O3/c1-2-13-25-16-8-6-15(7-9-16)19-17-5-3-4-10-20(17,24)11-12-22(19)14-18(21)23/h2,6-9,17,19,24H,1,3-5,10-14H2,(H2,21,23)/p+1/t17-,19+,20+/m0/s1. The maximum absolute atomic E-state index is 11.6.